The highest BCUT2D eigenvalue weighted by Gasteiger charge is 2.17. The van der Waals surface area contributed by atoms with Gasteiger partial charge in [-0.2, -0.15) is 0 Å². The van der Waals surface area contributed by atoms with Gasteiger partial charge in [0.05, 0.1) is 4.92 Å². The predicted octanol–water partition coefficient (Wildman–Crippen LogP) is 3.46. The van der Waals surface area contributed by atoms with Crippen molar-refractivity contribution in [3.8, 4) is 0 Å². The van der Waals surface area contributed by atoms with Gasteiger partial charge in [-0.3, -0.25) is 10.1 Å². The lowest BCUT2D eigenvalue weighted by Crippen LogP contribution is -1.98. The van der Waals surface area contributed by atoms with Gasteiger partial charge < -0.3 is 5.32 Å². The highest BCUT2D eigenvalue weighted by atomic mass is 32.2. The van der Waals surface area contributed by atoms with Crippen LogP contribution in [-0.2, 0) is 0 Å². The molecular formula is C12H9F2N3O2S. The van der Waals surface area contributed by atoms with Crippen LogP contribution in [0, 0.1) is 21.7 Å². The highest BCUT2D eigenvalue weighted by Crippen LogP contribution is 2.34. The largest absolute Gasteiger partial charge is 0.373 e. The number of anilines is 1. The second-order valence-corrected chi connectivity index (χ2v) is 4.77. The van der Waals surface area contributed by atoms with E-state index < -0.39 is 16.6 Å². The van der Waals surface area contributed by atoms with Crippen molar-refractivity contribution in [3.63, 3.8) is 0 Å². The number of halogens is 2. The van der Waals surface area contributed by atoms with Gasteiger partial charge in [-0.15, -0.1) is 0 Å². The molecule has 0 unspecified atom stereocenters. The van der Waals surface area contributed by atoms with Gasteiger partial charge in [0.2, 0.25) is 0 Å². The van der Waals surface area contributed by atoms with Crippen molar-refractivity contribution in [1.29, 1.82) is 0 Å². The Labute approximate surface area is 117 Å². The molecule has 1 heterocycles. The number of hydrogen-bond donors (Lipinski definition) is 1. The highest BCUT2D eigenvalue weighted by molar-refractivity contribution is 7.99. The molecule has 2 rings (SSSR count). The third-order valence-electron chi connectivity index (χ3n) is 2.40. The van der Waals surface area contributed by atoms with Gasteiger partial charge in [0.1, 0.15) is 5.82 Å². The number of nitrogens with one attached hydrogen (secondary N) is 1. The summed E-state index contributed by atoms with van der Waals surface area (Å²) in [6, 6.07) is 6.04. The first-order valence-corrected chi connectivity index (χ1v) is 6.29. The van der Waals surface area contributed by atoms with Crippen LogP contribution in [0.3, 0.4) is 0 Å². The van der Waals surface area contributed by atoms with E-state index >= 15 is 0 Å². The molecule has 20 heavy (non-hydrogen) atoms. The molecule has 0 radical (unpaired) electrons. The third-order valence-corrected chi connectivity index (χ3v) is 3.38. The molecular weight excluding hydrogens is 288 g/mol. The smallest absolute Gasteiger partial charge is 0.301 e. The number of nitrogens with zero attached hydrogens (tertiary/aromatic N) is 2. The summed E-state index contributed by atoms with van der Waals surface area (Å²) in [7, 11) is 1.63. The van der Waals surface area contributed by atoms with Crippen molar-refractivity contribution in [2.24, 2.45) is 0 Å². The molecule has 0 bridgehead atoms. The zero-order chi connectivity index (χ0) is 14.7. The van der Waals surface area contributed by atoms with E-state index in [1.807, 2.05) is 0 Å². The molecule has 0 aliphatic heterocycles. The number of pyridine rings is 1. The number of rotatable bonds is 4. The summed E-state index contributed by atoms with van der Waals surface area (Å²) >= 11 is 0.896. The molecule has 5 nitrogen and oxygen atoms in total. The van der Waals surface area contributed by atoms with E-state index in [0.29, 0.717) is 10.7 Å². The molecule has 0 aliphatic carbocycles. The summed E-state index contributed by atoms with van der Waals surface area (Å²) in [6.07, 6.45) is 0. The maximum absolute atomic E-state index is 13.1. The van der Waals surface area contributed by atoms with Crippen LogP contribution in [-0.4, -0.2) is 17.0 Å². The van der Waals surface area contributed by atoms with Gasteiger partial charge in [0, 0.05) is 18.0 Å². The first kappa shape index (κ1) is 14.2. The van der Waals surface area contributed by atoms with Crippen LogP contribution in [0.1, 0.15) is 0 Å². The second-order valence-electron chi connectivity index (χ2n) is 3.71. The van der Waals surface area contributed by atoms with E-state index in [2.05, 4.69) is 10.3 Å². The van der Waals surface area contributed by atoms with Crippen LogP contribution in [0.15, 0.2) is 40.3 Å². The van der Waals surface area contributed by atoms with Crippen molar-refractivity contribution in [1.82, 2.24) is 4.98 Å². The Morgan fingerprint density at radius 1 is 1.25 bits per heavy atom. The second kappa shape index (κ2) is 5.83. The molecule has 0 saturated carbocycles. The molecule has 8 heteroatoms. The maximum Gasteiger partial charge on any atom is 0.301 e. The minimum atomic E-state index is -1.01. The fourth-order valence-electron chi connectivity index (χ4n) is 1.44. The van der Waals surface area contributed by atoms with Crippen LogP contribution in [0.5, 0.6) is 0 Å². The average molecular weight is 297 g/mol. The summed E-state index contributed by atoms with van der Waals surface area (Å²) in [5, 5.41) is 13.8. The number of benzene rings is 1. The molecule has 1 aromatic heterocycles. The average Bonchev–Trinajstić information content (AvgIpc) is 2.42. The lowest BCUT2D eigenvalue weighted by Gasteiger charge is -2.05. The van der Waals surface area contributed by atoms with Gasteiger partial charge in [-0.05, 0) is 24.3 Å². The van der Waals surface area contributed by atoms with Gasteiger partial charge in [-0.25, -0.2) is 13.8 Å². The third kappa shape index (κ3) is 3.02. The predicted molar refractivity (Wildman–Crippen MR) is 70.9 cm³/mol. The van der Waals surface area contributed by atoms with E-state index in [-0.39, 0.29) is 10.7 Å². The molecule has 2 aromatic rings. The summed E-state index contributed by atoms with van der Waals surface area (Å²) in [5.41, 5.74) is -0.196. The lowest BCUT2D eigenvalue weighted by atomic mass is 10.3. The first-order valence-electron chi connectivity index (χ1n) is 5.47. The van der Waals surface area contributed by atoms with E-state index in [9.17, 15) is 18.9 Å². The molecule has 104 valence electrons. The molecule has 0 spiro atoms. The SMILES string of the molecule is CNc1ccc([N+](=O)[O-])c(Sc2ccc(F)c(F)c2)n1. The Hall–Kier alpha value is -2.22. The Balaban J connectivity index is 2.40. The molecule has 0 saturated heterocycles. The van der Waals surface area contributed by atoms with Crippen LogP contribution >= 0.6 is 11.8 Å². The van der Waals surface area contributed by atoms with Gasteiger partial charge in [0.15, 0.2) is 16.7 Å². The molecule has 0 atom stereocenters. The maximum atomic E-state index is 13.1. The molecule has 0 amide bonds. The topological polar surface area (TPSA) is 68.1 Å². The molecule has 1 N–H and O–H groups in total. The van der Waals surface area contributed by atoms with Crippen molar-refractivity contribution >= 4 is 23.3 Å². The Morgan fingerprint density at radius 3 is 2.60 bits per heavy atom. The molecule has 0 fully saturated rings. The first-order chi connectivity index (χ1) is 9.51. The fraction of sp³-hybridized carbons (Fsp3) is 0.0833. The quantitative estimate of drug-likeness (QED) is 0.691. The van der Waals surface area contributed by atoms with Crippen molar-refractivity contribution < 1.29 is 13.7 Å². The fourth-order valence-corrected chi connectivity index (χ4v) is 2.35. The van der Waals surface area contributed by atoms with Gasteiger partial charge >= 0.3 is 5.69 Å². The Morgan fingerprint density at radius 2 is 2.00 bits per heavy atom. The van der Waals surface area contributed by atoms with E-state index in [1.165, 1.54) is 18.2 Å². The zero-order valence-electron chi connectivity index (χ0n) is 10.3. The van der Waals surface area contributed by atoms with Crippen LogP contribution in [0.4, 0.5) is 20.3 Å². The summed E-state index contributed by atoms with van der Waals surface area (Å²) in [4.78, 5) is 14.7. The number of aromatic nitrogens is 1. The van der Waals surface area contributed by atoms with Gasteiger partial charge in [-0.1, -0.05) is 11.8 Å². The van der Waals surface area contributed by atoms with Gasteiger partial charge in [0.25, 0.3) is 0 Å². The lowest BCUT2D eigenvalue weighted by molar-refractivity contribution is -0.388. The summed E-state index contributed by atoms with van der Waals surface area (Å²) in [5.74, 6) is -1.54. The Bertz CT molecular complexity index is 667. The normalized spacial score (nSPS) is 10.3. The molecule has 0 aliphatic rings. The number of nitro groups is 1. The minimum absolute atomic E-state index is 0.104. The van der Waals surface area contributed by atoms with Crippen LogP contribution in [0.2, 0.25) is 0 Å². The standard InChI is InChI=1S/C12H9F2N3O2S/c1-15-11-5-4-10(17(18)19)12(16-11)20-7-2-3-8(13)9(14)6-7/h2-6H,1H3,(H,15,16). The van der Waals surface area contributed by atoms with Crippen molar-refractivity contribution in [2.75, 3.05) is 12.4 Å². The minimum Gasteiger partial charge on any atom is -0.373 e. The molecule has 1 aromatic carbocycles. The van der Waals surface area contributed by atoms with E-state index in [0.717, 1.165) is 23.9 Å². The van der Waals surface area contributed by atoms with Crippen molar-refractivity contribution in [3.05, 3.63) is 52.1 Å². The summed E-state index contributed by atoms with van der Waals surface area (Å²) < 4.78 is 26.0. The van der Waals surface area contributed by atoms with E-state index in [1.54, 1.807) is 7.05 Å². The van der Waals surface area contributed by atoms with Crippen LogP contribution < -0.4 is 5.32 Å². The van der Waals surface area contributed by atoms with Crippen LogP contribution in [0.25, 0.3) is 0 Å². The zero-order valence-corrected chi connectivity index (χ0v) is 11.1. The number of hydrogen-bond acceptors (Lipinski definition) is 5. The Kier molecular flexibility index (Phi) is 4.14. The van der Waals surface area contributed by atoms with E-state index in [4.69, 9.17) is 0 Å². The summed E-state index contributed by atoms with van der Waals surface area (Å²) in [6.45, 7) is 0. The monoisotopic (exact) mass is 297 g/mol. The van der Waals surface area contributed by atoms with Crippen molar-refractivity contribution in [2.45, 2.75) is 9.92 Å².